The third-order valence-corrected chi connectivity index (χ3v) is 5.51. The van der Waals surface area contributed by atoms with E-state index in [9.17, 15) is 19.5 Å². The Balaban J connectivity index is 0.00000225. The molecule has 0 saturated carbocycles. The zero-order chi connectivity index (χ0) is 17.4. The number of benzene rings is 1. The Morgan fingerprint density at radius 1 is 1.40 bits per heavy atom. The topological polar surface area (TPSA) is 113 Å². The number of carboxylic acid groups (broad SMARTS) is 1. The predicted molar refractivity (Wildman–Crippen MR) is 97.2 cm³/mol. The fraction of sp³-hybridized carbons (Fsp3) is 0.312. The van der Waals surface area contributed by atoms with Gasteiger partial charge in [-0.25, -0.2) is 4.79 Å². The third-order valence-electron chi connectivity index (χ3n) is 4.08. The number of amides is 2. The van der Waals surface area contributed by atoms with Gasteiger partial charge in [-0.3, -0.25) is 14.5 Å². The number of aliphatic carboxylic acids is 1. The third kappa shape index (κ3) is 3.45. The van der Waals surface area contributed by atoms with Crippen LogP contribution in [0.1, 0.15) is 12.5 Å². The van der Waals surface area contributed by atoms with E-state index in [4.69, 9.17) is 5.73 Å². The second-order valence-electron chi connectivity index (χ2n) is 5.76. The van der Waals surface area contributed by atoms with Crippen LogP contribution in [0.25, 0.3) is 0 Å². The summed E-state index contributed by atoms with van der Waals surface area (Å²) in [5.41, 5.74) is 7.71. The maximum Gasteiger partial charge on any atom is 0.352 e. The van der Waals surface area contributed by atoms with E-state index in [1.807, 2.05) is 0 Å². The van der Waals surface area contributed by atoms with E-state index in [1.165, 1.54) is 16.7 Å². The molecule has 2 amide bonds. The molecule has 0 aromatic heterocycles. The summed E-state index contributed by atoms with van der Waals surface area (Å²) in [5.74, 6) is -1.30. The quantitative estimate of drug-likeness (QED) is 0.528. The number of fused-ring (bicyclic) bond motifs is 1. The van der Waals surface area contributed by atoms with Crippen molar-refractivity contribution in [2.45, 2.75) is 24.8 Å². The smallest absolute Gasteiger partial charge is 0.352 e. The summed E-state index contributed by atoms with van der Waals surface area (Å²) >= 11 is 1.45. The van der Waals surface area contributed by atoms with Crippen LogP contribution in [0.2, 0.25) is 0 Å². The Kier molecular flexibility index (Phi) is 5.64. The summed E-state index contributed by atoms with van der Waals surface area (Å²) in [6, 6.07) is 6.34. The van der Waals surface area contributed by atoms with Crippen LogP contribution in [0.15, 0.2) is 35.5 Å². The van der Waals surface area contributed by atoms with E-state index in [0.717, 1.165) is 0 Å². The van der Waals surface area contributed by atoms with Gasteiger partial charge in [0.15, 0.2) is 0 Å². The van der Waals surface area contributed by atoms with Crippen molar-refractivity contribution in [1.82, 2.24) is 10.2 Å². The van der Waals surface area contributed by atoms with Gasteiger partial charge in [0.05, 0.1) is 6.42 Å². The molecule has 1 saturated heterocycles. The first kappa shape index (κ1) is 19.1. The minimum atomic E-state index is -1.12. The van der Waals surface area contributed by atoms with Gasteiger partial charge in [0, 0.05) is 11.4 Å². The lowest BCUT2D eigenvalue weighted by Gasteiger charge is -2.49. The number of β-lactam (4-membered cyclic amide) rings is 1. The molecule has 0 radical (unpaired) electrons. The fourth-order valence-corrected chi connectivity index (χ4v) is 4.16. The molecular weight excluding hydrogens is 366 g/mol. The Labute approximate surface area is 155 Å². The average molecular weight is 384 g/mol. The number of hydrogen-bond donors (Lipinski definition) is 3. The minimum absolute atomic E-state index is 0. The molecular formula is C16H18ClN3O4S. The first-order valence-corrected chi connectivity index (χ1v) is 8.45. The molecule has 2 aliphatic heterocycles. The van der Waals surface area contributed by atoms with Crippen molar-refractivity contribution < 1.29 is 19.5 Å². The molecule has 0 bridgehead atoms. The van der Waals surface area contributed by atoms with E-state index < -0.39 is 17.9 Å². The second kappa shape index (κ2) is 7.37. The summed E-state index contributed by atoms with van der Waals surface area (Å²) < 4.78 is 0. The molecule has 0 spiro atoms. The van der Waals surface area contributed by atoms with Gasteiger partial charge < -0.3 is 16.2 Å². The number of anilines is 1. The van der Waals surface area contributed by atoms with E-state index >= 15 is 0 Å². The second-order valence-corrected chi connectivity index (χ2v) is 6.87. The molecule has 1 aromatic carbocycles. The highest BCUT2D eigenvalue weighted by atomic mass is 35.5. The highest BCUT2D eigenvalue weighted by Gasteiger charge is 2.53. The standard InChI is InChI=1S/C16H17N3O4S.ClH/c1-8-7-24-15-12(14(21)19(15)13(8)16(22)23)18-11(20)6-9-4-2-3-5-10(9)17;/h2-5,12,15H,6-7,17H2,1H3,(H,18,20)(H,22,23);1H/t12?,15-;/m1./s1. The highest BCUT2D eigenvalue weighted by molar-refractivity contribution is 8.00. The van der Waals surface area contributed by atoms with Gasteiger partial charge in [0.25, 0.3) is 5.91 Å². The van der Waals surface area contributed by atoms with E-state index in [-0.39, 0.29) is 35.8 Å². The summed E-state index contributed by atoms with van der Waals surface area (Å²) in [4.78, 5) is 37.1. The number of nitrogens with one attached hydrogen (secondary N) is 1. The molecule has 1 aromatic rings. The Bertz CT molecular complexity index is 768. The summed E-state index contributed by atoms with van der Waals surface area (Å²) in [7, 11) is 0. The summed E-state index contributed by atoms with van der Waals surface area (Å²) in [6.45, 7) is 1.70. The summed E-state index contributed by atoms with van der Waals surface area (Å²) in [5, 5.41) is 11.6. The van der Waals surface area contributed by atoms with Crippen molar-refractivity contribution in [3.8, 4) is 0 Å². The molecule has 0 aliphatic carbocycles. The number of para-hydroxylation sites is 1. The minimum Gasteiger partial charge on any atom is -0.477 e. The number of thioether (sulfide) groups is 1. The zero-order valence-corrected chi connectivity index (χ0v) is 15.0. The van der Waals surface area contributed by atoms with Gasteiger partial charge >= 0.3 is 5.97 Å². The Morgan fingerprint density at radius 3 is 2.72 bits per heavy atom. The van der Waals surface area contributed by atoms with Crippen LogP contribution in [0.5, 0.6) is 0 Å². The van der Waals surface area contributed by atoms with Crippen LogP contribution >= 0.6 is 24.2 Å². The van der Waals surface area contributed by atoms with Crippen LogP contribution in [-0.4, -0.2) is 45.0 Å². The van der Waals surface area contributed by atoms with Crippen molar-refractivity contribution in [2.24, 2.45) is 0 Å². The van der Waals surface area contributed by atoms with Crippen LogP contribution in [-0.2, 0) is 20.8 Å². The van der Waals surface area contributed by atoms with Crippen molar-refractivity contribution in [3.05, 3.63) is 41.1 Å². The Morgan fingerprint density at radius 2 is 2.08 bits per heavy atom. The number of carbonyl (C=O) groups excluding carboxylic acids is 2. The SMILES string of the molecule is CC1=C(C(=O)O)N2C(=O)C(NC(=O)Cc3ccccc3N)[C@H]2SC1.Cl. The molecule has 134 valence electrons. The van der Waals surface area contributed by atoms with E-state index in [1.54, 1.807) is 31.2 Å². The first-order chi connectivity index (χ1) is 11.4. The molecule has 1 fully saturated rings. The van der Waals surface area contributed by atoms with Crippen molar-refractivity contribution in [3.63, 3.8) is 0 Å². The largest absolute Gasteiger partial charge is 0.477 e. The van der Waals surface area contributed by atoms with Gasteiger partial charge in [-0.1, -0.05) is 18.2 Å². The van der Waals surface area contributed by atoms with Gasteiger partial charge in [-0.05, 0) is 24.1 Å². The molecule has 3 rings (SSSR count). The number of nitrogen functional groups attached to an aromatic ring is 1. The number of nitrogens with zero attached hydrogens (tertiary/aromatic N) is 1. The Hall–Kier alpha value is -2.19. The lowest BCUT2D eigenvalue weighted by Crippen LogP contribution is -2.70. The number of carboxylic acids is 1. The number of carbonyl (C=O) groups is 3. The molecule has 9 heteroatoms. The van der Waals surface area contributed by atoms with Crippen molar-refractivity contribution in [2.75, 3.05) is 11.5 Å². The van der Waals surface area contributed by atoms with Crippen LogP contribution in [0.3, 0.4) is 0 Å². The number of rotatable bonds is 4. The number of halogens is 1. The highest BCUT2D eigenvalue weighted by Crippen LogP contribution is 2.40. The predicted octanol–water partition coefficient (Wildman–Crippen LogP) is 0.992. The van der Waals surface area contributed by atoms with Gasteiger partial charge in [0.1, 0.15) is 17.1 Å². The zero-order valence-electron chi connectivity index (χ0n) is 13.4. The molecule has 2 atom stereocenters. The van der Waals surface area contributed by atoms with Crippen LogP contribution < -0.4 is 11.1 Å². The number of nitrogens with two attached hydrogens (primary N) is 1. The summed E-state index contributed by atoms with van der Waals surface area (Å²) in [6.07, 6.45) is 0.0779. The lowest BCUT2D eigenvalue weighted by atomic mass is 10.0. The van der Waals surface area contributed by atoms with E-state index in [0.29, 0.717) is 22.6 Å². The molecule has 2 aliphatic rings. The van der Waals surface area contributed by atoms with Crippen LogP contribution in [0, 0.1) is 0 Å². The van der Waals surface area contributed by atoms with Crippen molar-refractivity contribution in [1.29, 1.82) is 0 Å². The molecule has 2 heterocycles. The van der Waals surface area contributed by atoms with Crippen LogP contribution in [0.4, 0.5) is 5.69 Å². The van der Waals surface area contributed by atoms with Gasteiger partial charge in [-0.2, -0.15) is 0 Å². The lowest BCUT2D eigenvalue weighted by molar-refractivity contribution is -0.150. The molecule has 25 heavy (non-hydrogen) atoms. The average Bonchev–Trinajstić information content (AvgIpc) is 2.54. The van der Waals surface area contributed by atoms with E-state index in [2.05, 4.69) is 5.32 Å². The molecule has 1 unspecified atom stereocenters. The first-order valence-electron chi connectivity index (χ1n) is 7.40. The van der Waals surface area contributed by atoms with Gasteiger partial charge in [-0.15, -0.1) is 24.2 Å². The normalized spacial score (nSPS) is 21.8. The van der Waals surface area contributed by atoms with Gasteiger partial charge in [0.2, 0.25) is 5.91 Å². The number of hydrogen-bond acceptors (Lipinski definition) is 5. The van der Waals surface area contributed by atoms with Crippen molar-refractivity contribution >= 4 is 47.6 Å². The molecule has 7 nitrogen and oxygen atoms in total. The monoisotopic (exact) mass is 383 g/mol. The fourth-order valence-electron chi connectivity index (χ4n) is 2.87. The molecule has 4 N–H and O–H groups in total. The maximum atomic E-state index is 12.3. The maximum absolute atomic E-state index is 12.3.